The second-order valence-electron chi connectivity index (χ2n) is 2.73. The van der Waals surface area contributed by atoms with E-state index in [0.717, 1.165) is 0 Å². The number of rotatable bonds is 2. The van der Waals surface area contributed by atoms with Crippen molar-refractivity contribution in [2.75, 3.05) is 13.6 Å². The number of nitrogens with two attached hydrogens (primary N) is 1. The fourth-order valence-electron chi connectivity index (χ4n) is 1.48. The maximum Gasteiger partial charge on any atom is 0.147 e. The van der Waals surface area contributed by atoms with Crippen LogP contribution in [0.1, 0.15) is 12.8 Å². The van der Waals surface area contributed by atoms with Crippen molar-refractivity contribution in [3.05, 3.63) is 0 Å². The Morgan fingerprint density at radius 1 is 1.80 bits per heavy atom. The molecule has 1 rings (SSSR count). The summed E-state index contributed by atoms with van der Waals surface area (Å²) in [6.07, 6.45) is 2.43. The minimum absolute atomic E-state index is 0.0440. The number of nitrogens with zero attached hydrogens (tertiary/aromatic N) is 1. The predicted molar refractivity (Wildman–Crippen MR) is 38.3 cm³/mol. The van der Waals surface area contributed by atoms with E-state index in [0.29, 0.717) is 6.04 Å². The second-order valence-corrected chi connectivity index (χ2v) is 2.73. The minimum atomic E-state index is 0.0440. The molecule has 3 heteroatoms. The van der Waals surface area contributed by atoms with Crippen LogP contribution in [0.5, 0.6) is 0 Å². The van der Waals surface area contributed by atoms with Crippen molar-refractivity contribution in [2.24, 2.45) is 0 Å². The number of nitrogens with one attached hydrogen (secondary N) is 1. The molecule has 0 aromatic carbocycles. The first-order chi connectivity index (χ1) is 4.88. The Balaban J connectivity index is 2.38. The van der Waals surface area contributed by atoms with Gasteiger partial charge in [-0.1, -0.05) is 0 Å². The first kappa shape index (κ1) is 7.52. The smallest absolute Gasteiger partial charge is 0.147 e. The molecule has 1 aliphatic heterocycles. The van der Waals surface area contributed by atoms with Gasteiger partial charge in [-0.15, -0.1) is 0 Å². The first-order valence-electron chi connectivity index (χ1n) is 3.78. The topological polar surface area (TPSA) is 52.4 Å². The number of hydrogen-bond acceptors (Lipinski definition) is 2. The van der Waals surface area contributed by atoms with E-state index in [4.69, 9.17) is 5.26 Å². The molecule has 3 N–H and O–H groups in total. The van der Waals surface area contributed by atoms with Crippen LogP contribution < -0.4 is 10.6 Å². The van der Waals surface area contributed by atoms with Crippen LogP contribution in [0.3, 0.4) is 0 Å². The van der Waals surface area contributed by atoms with Crippen LogP contribution in [0, 0.1) is 11.3 Å². The van der Waals surface area contributed by atoms with E-state index in [2.05, 4.69) is 16.7 Å². The van der Waals surface area contributed by atoms with Crippen molar-refractivity contribution in [2.45, 2.75) is 24.9 Å². The molecule has 0 aromatic rings. The molecule has 0 spiro atoms. The van der Waals surface area contributed by atoms with Gasteiger partial charge in [0.05, 0.1) is 12.6 Å². The van der Waals surface area contributed by atoms with Crippen molar-refractivity contribution >= 4 is 0 Å². The first-order valence-corrected chi connectivity index (χ1v) is 3.78. The van der Waals surface area contributed by atoms with E-state index >= 15 is 0 Å². The van der Waals surface area contributed by atoms with Gasteiger partial charge in [0.2, 0.25) is 0 Å². The summed E-state index contributed by atoms with van der Waals surface area (Å²) in [6.45, 7) is 1.19. The minimum Gasteiger partial charge on any atom is -0.342 e. The van der Waals surface area contributed by atoms with Crippen molar-refractivity contribution in [3.63, 3.8) is 0 Å². The van der Waals surface area contributed by atoms with Gasteiger partial charge >= 0.3 is 0 Å². The molecular formula is C7H14N3+. The SMILES string of the molecule is CNC(C#N)C1CCC[NH2+]1. The third kappa shape index (κ3) is 1.47. The molecule has 0 aliphatic carbocycles. The summed E-state index contributed by atoms with van der Waals surface area (Å²) in [6, 6.07) is 2.79. The average Bonchev–Trinajstić information content (AvgIpc) is 2.43. The lowest BCUT2D eigenvalue weighted by molar-refractivity contribution is -0.671. The summed E-state index contributed by atoms with van der Waals surface area (Å²) in [4.78, 5) is 0. The van der Waals surface area contributed by atoms with Gasteiger partial charge in [-0.3, -0.25) is 0 Å². The molecule has 0 saturated carbocycles. The Kier molecular flexibility index (Phi) is 2.67. The molecule has 0 amide bonds. The highest BCUT2D eigenvalue weighted by Crippen LogP contribution is 2.00. The molecule has 3 nitrogen and oxygen atoms in total. The summed E-state index contributed by atoms with van der Waals surface area (Å²) in [5.74, 6) is 0. The Bertz CT molecular complexity index is 132. The zero-order valence-corrected chi connectivity index (χ0v) is 6.30. The average molecular weight is 140 g/mol. The molecule has 2 atom stereocenters. The summed E-state index contributed by atoms with van der Waals surface area (Å²) in [5, 5.41) is 13.9. The molecule has 10 heavy (non-hydrogen) atoms. The van der Waals surface area contributed by atoms with E-state index in [-0.39, 0.29) is 6.04 Å². The van der Waals surface area contributed by atoms with E-state index < -0.39 is 0 Å². The lowest BCUT2D eigenvalue weighted by Gasteiger charge is -2.11. The summed E-state index contributed by atoms with van der Waals surface area (Å²) in [7, 11) is 1.85. The van der Waals surface area contributed by atoms with Crippen molar-refractivity contribution in [1.82, 2.24) is 5.32 Å². The zero-order valence-electron chi connectivity index (χ0n) is 6.30. The van der Waals surface area contributed by atoms with Gasteiger partial charge in [0.1, 0.15) is 12.1 Å². The molecule has 1 saturated heterocycles. The second kappa shape index (κ2) is 3.55. The number of hydrogen-bond donors (Lipinski definition) is 2. The molecule has 1 aliphatic rings. The van der Waals surface area contributed by atoms with Gasteiger partial charge in [0.25, 0.3) is 0 Å². The zero-order chi connectivity index (χ0) is 7.40. The van der Waals surface area contributed by atoms with Gasteiger partial charge in [-0.05, 0) is 7.05 Å². The van der Waals surface area contributed by atoms with Crippen LogP contribution in [0.15, 0.2) is 0 Å². The third-order valence-electron chi connectivity index (χ3n) is 2.09. The van der Waals surface area contributed by atoms with Gasteiger partial charge in [-0.25, -0.2) is 0 Å². The van der Waals surface area contributed by atoms with Crippen LogP contribution in [0.4, 0.5) is 0 Å². The number of nitriles is 1. The normalized spacial score (nSPS) is 27.8. The van der Waals surface area contributed by atoms with E-state index in [1.165, 1.54) is 19.4 Å². The molecule has 2 unspecified atom stereocenters. The van der Waals surface area contributed by atoms with Crippen LogP contribution >= 0.6 is 0 Å². The molecule has 0 radical (unpaired) electrons. The third-order valence-corrected chi connectivity index (χ3v) is 2.09. The van der Waals surface area contributed by atoms with Gasteiger partial charge in [-0.2, -0.15) is 5.26 Å². The molecule has 0 bridgehead atoms. The van der Waals surface area contributed by atoms with Gasteiger partial charge < -0.3 is 10.6 Å². The Morgan fingerprint density at radius 3 is 3.00 bits per heavy atom. The van der Waals surface area contributed by atoms with Crippen LogP contribution in [-0.4, -0.2) is 25.7 Å². The van der Waals surface area contributed by atoms with E-state index in [1.807, 2.05) is 7.05 Å². The summed E-state index contributed by atoms with van der Waals surface area (Å²) < 4.78 is 0. The summed E-state index contributed by atoms with van der Waals surface area (Å²) >= 11 is 0. The number of quaternary nitrogens is 1. The predicted octanol–water partition coefficient (Wildman–Crippen LogP) is -1.18. The molecule has 0 aromatic heterocycles. The van der Waals surface area contributed by atoms with Crippen LogP contribution in [0.2, 0.25) is 0 Å². The Hall–Kier alpha value is -0.590. The molecule has 56 valence electrons. The highest BCUT2D eigenvalue weighted by molar-refractivity contribution is 4.94. The van der Waals surface area contributed by atoms with E-state index in [9.17, 15) is 0 Å². The lowest BCUT2D eigenvalue weighted by Crippen LogP contribution is -2.89. The maximum atomic E-state index is 8.65. The summed E-state index contributed by atoms with van der Waals surface area (Å²) in [5.41, 5.74) is 0. The fraction of sp³-hybridized carbons (Fsp3) is 0.857. The van der Waals surface area contributed by atoms with Crippen molar-refractivity contribution in [1.29, 1.82) is 5.26 Å². The Labute approximate surface area is 61.4 Å². The maximum absolute atomic E-state index is 8.65. The molecule has 1 heterocycles. The largest absolute Gasteiger partial charge is 0.342 e. The number of likely N-dealkylation sites (N-methyl/N-ethyl adjacent to an activating group) is 1. The highest BCUT2D eigenvalue weighted by atomic mass is 15.0. The quantitative estimate of drug-likeness (QED) is 0.507. The van der Waals surface area contributed by atoms with Crippen LogP contribution in [0.25, 0.3) is 0 Å². The van der Waals surface area contributed by atoms with Gasteiger partial charge in [0, 0.05) is 12.8 Å². The monoisotopic (exact) mass is 140 g/mol. The standard InChI is InChI=1S/C7H13N3/c1-9-7(5-8)6-3-2-4-10-6/h6-7,9-10H,2-4H2,1H3/p+1. The van der Waals surface area contributed by atoms with Crippen molar-refractivity contribution < 1.29 is 5.32 Å². The molecular weight excluding hydrogens is 126 g/mol. The fourth-order valence-corrected chi connectivity index (χ4v) is 1.48. The lowest BCUT2D eigenvalue weighted by atomic mass is 10.1. The van der Waals surface area contributed by atoms with Crippen molar-refractivity contribution in [3.8, 4) is 6.07 Å². The Morgan fingerprint density at radius 2 is 2.60 bits per heavy atom. The molecule has 1 fully saturated rings. The van der Waals surface area contributed by atoms with E-state index in [1.54, 1.807) is 0 Å². The van der Waals surface area contributed by atoms with Gasteiger partial charge in [0.15, 0.2) is 0 Å². The highest BCUT2D eigenvalue weighted by Gasteiger charge is 2.26. The van der Waals surface area contributed by atoms with Crippen LogP contribution in [-0.2, 0) is 0 Å².